The minimum Gasteiger partial charge on any atom is -0.392 e. The Bertz CT molecular complexity index is 433. The summed E-state index contributed by atoms with van der Waals surface area (Å²) in [5.74, 6) is 0. The maximum Gasteiger partial charge on any atom is 0.145 e. The molecule has 1 N–H and O–H groups in total. The molecular weight excluding hydrogens is 272 g/mol. The van der Waals surface area contributed by atoms with Crippen molar-refractivity contribution >= 4 is 6.29 Å². The van der Waals surface area contributed by atoms with Crippen LogP contribution in [-0.4, -0.2) is 18.0 Å². The van der Waals surface area contributed by atoms with Crippen LogP contribution in [0.5, 0.6) is 0 Å². The fraction of sp³-hybridized carbons (Fsp3) is 0.550. The summed E-state index contributed by atoms with van der Waals surface area (Å²) in [4.78, 5) is 11.0. The molecule has 0 rings (SSSR count). The van der Waals surface area contributed by atoms with Gasteiger partial charge < -0.3 is 5.11 Å². The highest BCUT2D eigenvalue weighted by molar-refractivity contribution is 5.73. The van der Waals surface area contributed by atoms with Gasteiger partial charge in [0.1, 0.15) is 6.29 Å². The standard InChI is InChI=1S/C20H32O2/c1-17(2)8-5-12-20(16-22)13-7-11-18(3)9-6-10-19(4)14-15-21/h8-9,13-14,16,21H,5-7,10-12,15H2,1-4H3/b18-9+,19-14+,20-13+. The van der Waals surface area contributed by atoms with Gasteiger partial charge in [0.05, 0.1) is 6.61 Å². The minimum absolute atomic E-state index is 0.126. The maximum atomic E-state index is 11.0. The highest BCUT2D eigenvalue weighted by Crippen LogP contribution is 2.12. The van der Waals surface area contributed by atoms with E-state index >= 15 is 0 Å². The molecule has 0 spiro atoms. The third-order valence-corrected chi connectivity index (χ3v) is 3.55. The second-order valence-electron chi connectivity index (χ2n) is 6.08. The number of hydrogen-bond donors (Lipinski definition) is 1. The zero-order chi connectivity index (χ0) is 16.8. The topological polar surface area (TPSA) is 37.3 Å². The minimum atomic E-state index is 0.126. The van der Waals surface area contributed by atoms with Gasteiger partial charge >= 0.3 is 0 Å². The maximum absolute atomic E-state index is 11.0. The van der Waals surface area contributed by atoms with E-state index in [1.165, 1.54) is 16.7 Å². The number of hydrogen-bond acceptors (Lipinski definition) is 2. The quantitative estimate of drug-likeness (QED) is 0.319. The zero-order valence-electron chi connectivity index (χ0n) is 14.7. The van der Waals surface area contributed by atoms with Gasteiger partial charge in [0.25, 0.3) is 0 Å². The molecule has 124 valence electrons. The molecule has 0 aliphatic heterocycles. The van der Waals surface area contributed by atoms with Crippen LogP contribution in [-0.2, 0) is 4.79 Å². The van der Waals surface area contributed by atoms with E-state index in [2.05, 4.69) is 39.0 Å². The van der Waals surface area contributed by atoms with Crippen molar-refractivity contribution < 1.29 is 9.90 Å². The van der Waals surface area contributed by atoms with Crippen molar-refractivity contribution in [1.29, 1.82) is 0 Å². The molecule has 2 nitrogen and oxygen atoms in total. The summed E-state index contributed by atoms with van der Waals surface area (Å²) in [5, 5.41) is 8.80. The van der Waals surface area contributed by atoms with E-state index in [0.29, 0.717) is 0 Å². The molecule has 0 heterocycles. The van der Waals surface area contributed by atoms with Crippen molar-refractivity contribution in [1.82, 2.24) is 0 Å². The van der Waals surface area contributed by atoms with Crippen LogP contribution in [0.4, 0.5) is 0 Å². The number of aldehydes is 1. The molecule has 0 aromatic carbocycles. The van der Waals surface area contributed by atoms with Gasteiger partial charge in [-0.3, -0.25) is 4.79 Å². The fourth-order valence-corrected chi connectivity index (χ4v) is 2.13. The third kappa shape index (κ3) is 12.3. The normalized spacial score (nSPS) is 13.2. The molecule has 0 amide bonds. The Kier molecular flexibility index (Phi) is 12.4. The van der Waals surface area contributed by atoms with Gasteiger partial charge in [-0.05, 0) is 71.8 Å². The largest absolute Gasteiger partial charge is 0.392 e. The summed E-state index contributed by atoms with van der Waals surface area (Å²) < 4.78 is 0. The summed E-state index contributed by atoms with van der Waals surface area (Å²) in [6.07, 6.45) is 15.1. The molecule has 22 heavy (non-hydrogen) atoms. The molecule has 0 saturated carbocycles. The number of carbonyl (C=O) groups excluding carboxylic acids is 1. The van der Waals surface area contributed by atoms with Gasteiger partial charge in [-0.2, -0.15) is 0 Å². The number of aliphatic hydroxyl groups excluding tert-OH is 1. The average molecular weight is 304 g/mol. The molecule has 0 fully saturated rings. The van der Waals surface area contributed by atoms with Gasteiger partial charge in [0.15, 0.2) is 0 Å². The van der Waals surface area contributed by atoms with Crippen LogP contribution in [0, 0.1) is 0 Å². The molecule has 0 aromatic heterocycles. The van der Waals surface area contributed by atoms with Crippen LogP contribution in [0.1, 0.15) is 66.2 Å². The lowest BCUT2D eigenvalue weighted by Gasteiger charge is -2.02. The van der Waals surface area contributed by atoms with Crippen LogP contribution in [0.15, 0.2) is 46.6 Å². The first-order valence-corrected chi connectivity index (χ1v) is 8.19. The Morgan fingerprint density at radius 1 is 0.773 bits per heavy atom. The SMILES string of the molecule is CC(C)=CCC/C(C=O)=C\CC/C(C)=C/CC/C(C)=C/CO. The van der Waals surface area contributed by atoms with Crippen molar-refractivity contribution in [3.63, 3.8) is 0 Å². The second kappa shape index (κ2) is 13.3. The first-order chi connectivity index (χ1) is 10.5. The summed E-state index contributed by atoms with van der Waals surface area (Å²) in [5.41, 5.74) is 4.80. The Balaban J connectivity index is 4.12. The van der Waals surface area contributed by atoms with Crippen molar-refractivity contribution in [3.8, 4) is 0 Å². The van der Waals surface area contributed by atoms with Crippen molar-refractivity contribution in [2.45, 2.75) is 66.2 Å². The summed E-state index contributed by atoms with van der Waals surface area (Å²) in [6.45, 7) is 8.47. The Morgan fingerprint density at radius 3 is 1.86 bits per heavy atom. The molecule has 0 aliphatic rings. The van der Waals surface area contributed by atoms with Gasteiger partial charge in [-0.15, -0.1) is 0 Å². The Morgan fingerprint density at radius 2 is 1.32 bits per heavy atom. The van der Waals surface area contributed by atoms with Crippen LogP contribution >= 0.6 is 0 Å². The van der Waals surface area contributed by atoms with Crippen LogP contribution < -0.4 is 0 Å². The highest BCUT2D eigenvalue weighted by atomic mass is 16.2. The van der Waals surface area contributed by atoms with Crippen LogP contribution in [0.3, 0.4) is 0 Å². The summed E-state index contributed by atoms with van der Waals surface area (Å²) >= 11 is 0. The Hall–Kier alpha value is -1.41. The predicted molar refractivity (Wildman–Crippen MR) is 95.9 cm³/mol. The smallest absolute Gasteiger partial charge is 0.145 e. The molecule has 0 aliphatic carbocycles. The first-order valence-electron chi connectivity index (χ1n) is 8.19. The number of allylic oxidation sites excluding steroid dienone is 7. The van der Waals surface area contributed by atoms with E-state index in [-0.39, 0.29) is 6.61 Å². The van der Waals surface area contributed by atoms with Gasteiger partial charge in [-0.25, -0.2) is 0 Å². The summed E-state index contributed by atoms with van der Waals surface area (Å²) in [7, 11) is 0. The molecule has 0 saturated heterocycles. The lowest BCUT2D eigenvalue weighted by atomic mass is 10.0. The van der Waals surface area contributed by atoms with E-state index in [1.807, 2.05) is 13.0 Å². The van der Waals surface area contributed by atoms with Crippen molar-refractivity contribution in [2.75, 3.05) is 6.61 Å². The molecule has 0 atom stereocenters. The van der Waals surface area contributed by atoms with Crippen LogP contribution in [0.25, 0.3) is 0 Å². The number of aliphatic hydroxyl groups is 1. The molecule has 0 bridgehead atoms. The van der Waals surface area contributed by atoms with Crippen molar-refractivity contribution in [3.05, 3.63) is 46.6 Å². The molecule has 2 heteroatoms. The lowest BCUT2D eigenvalue weighted by Crippen LogP contribution is -1.86. The van der Waals surface area contributed by atoms with E-state index in [0.717, 1.165) is 50.4 Å². The van der Waals surface area contributed by atoms with Crippen molar-refractivity contribution in [2.24, 2.45) is 0 Å². The van der Waals surface area contributed by atoms with Gasteiger partial charge in [-0.1, -0.05) is 41.0 Å². The predicted octanol–water partition coefficient (Wildman–Crippen LogP) is 5.30. The monoisotopic (exact) mass is 304 g/mol. The zero-order valence-corrected chi connectivity index (χ0v) is 14.7. The summed E-state index contributed by atoms with van der Waals surface area (Å²) in [6, 6.07) is 0. The molecule has 0 radical (unpaired) electrons. The van der Waals surface area contributed by atoms with E-state index < -0.39 is 0 Å². The Labute approximate surface area is 136 Å². The van der Waals surface area contributed by atoms with Crippen LogP contribution in [0.2, 0.25) is 0 Å². The third-order valence-electron chi connectivity index (χ3n) is 3.55. The average Bonchev–Trinajstić information content (AvgIpc) is 2.45. The van der Waals surface area contributed by atoms with Gasteiger partial charge in [0, 0.05) is 0 Å². The molecule has 0 unspecified atom stereocenters. The lowest BCUT2D eigenvalue weighted by molar-refractivity contribution is -0.105. The van der Waals surface area contributed by atoms with E-state index in [1.54, 1.807) is 0 Å². The first kappa shape index (κ1) is 20.6. The molecular formula is C20H32O2. The molecule has 0 aromatic rings. The van der Waals surface area contributed by atoms with E-state index in [4.69, 9.17) is 5.11 Å². The fourth-order valence-electron chi connectivity index (χ4n) is 2.13. The second-order valence-corrected chi connectivity index (χ2v) is 6.08. The number of carbonyl (C=O) groups is 1. The number of rotatable bonds is 11. The van der Waals surface area contributed by atoms with E-state index in [9.17, 15) is 4.79 Å². The highest BCUT2D eigenvalue weighted by Gasteiger charge is 1.96. The van der Waals surface area contributed by atoms with Gasteiger partial charge in [0.2, 0.25) is 0 Å².